The predicted octanol–water partition coefficient (Wildman–Crippen LogP) is 3.27. The fourth-order valence-corrected chi connectivity index (χ4v) is 3.98. The lowest BCUT2D eigenvalue weighted by Gasteiger charge is -2.05. The summed E-state index contributed by atoms with van der Waals surface area (Å²) in [5, 5.41) is 23.8. The number of carbonyl (C=O) groups excluding carboxylic acids is 1. The first kappa shape index (κ1) is 19.6. The first-order valence-corrected chi connectivity index (χ1v) is 10.4. The molecule has 32 heavy (non-hydrogen) atoms. The summed E-state index contributed by atoms with van der Waals surface area (Å²) in [7, 11) is 0. The van der Waals surface area contributed by atoms with Crippen LogP contribution in [-0.2, 0) is 0 Å². The number of amides is 1. The number of carbonyl (C=O) groups is 1. The molecule has 2 aromatic carbocycles. The van der Waals surface area contributed by atoms with Gasteiger partial charge in [-0.3, -0.25) is 4.79 Å². The maximum Gasteiger partial charge on any atom is 0.294 e. The number of nitrogen functional groups attached to an aromatic ring is 1. The Bertz CT molecular complexity index is 1450. The van der Waals surface area contributed by atoms with Gasteiger partial charge in [-0.25, -0.2) is 10.1 Å². The van der Waals surface area contributed by atoms with Crippen molar-refractivity contribution < 1.29 is 9.42 Å². The van der Waals surface area contributed by atoms with E-state index in [1.807, 2.05) is 66.9 Å². The van der Waals surface area contributed by atoms with Gasteiger partial charge >= 0.3 is 0 Å². The Morgan fingerprint density at radius 2 is 1.97 bits per heavy atom. The quantitative estimate of drug-likeness (QED) is 0.313. The Morgan fingerprint density at radius 1 is 1.12 bits per heavy atom. The highest BCUT2D eigenvalue weighted by Gasteiger charge is 2.25. The Balaban J connectivity index is 1.46. The predicted molar refractivity (Wildman–Crippen MR) is 121 cm³/mol. The average molecular weight is 444 g/mol. The van der Waals surface area contributed by atoms with Gasteiger partial charge in [-0.15, -0.1) is 16.4 Å². The molecule has 1 amide bonds. The summed E-state index contributed by atoms with van der Waals surface area (Å²) in [6.07, 6.45) is 0. The number of hydrazone groups is 1. The van der Waals surface area contributed by atoms with E-state index in [-0.39, 0.29) is 17.3 Å². The van der Waals surface area contributed by atoms with Crippen LogP contribution in [0.15, 0.2) is 69.7 Å². The van der Waals surface area contributed by atoms with Crippen molar-refractivity contribution in [1.29, 1.82) is 0 Å². The van der Waals surface area contributed by atoms with Crippen LogP contribution in [0.1, 0.15) is 23.0 Å². The molecule has 5 aromatic rings. The maximum atomic E-state index is 13.0. The summed E-state index contributed by atoms with van der Waals surface area (Å²) >= 11 is 1.42. The normalized spacial score (nSPS) is 11.7. The van der Waals surface area contributed by atoms with Crippen molar-refractivity contribution in [3.05, 3.63) is 71.2 Å². The fraction of sp³-hybridized carbons (Fsp3) is 0.0476. The highest BCUT2D eigenvalue weighted by Crippen LogP contribution is 2.29. The number of rotatable bonds is 5. The van der Waals surface area contributed by atoms with Crippen molar-refractivity contribution in [1.82, 2.24) is 30.7 Å². The molecule has 3 aromatic heterocycles. The van der Waals surface area contributed by atoms with Crippen LogP contribution in [0.2, 0.25) is 0 Å². The molecule has 0 aliphatic heterocycles. The molecule has 158 valence electrons. The van der Waals surface area contributed by atoms with Gasteiger partial charge in [0.25, 0.3) is 5.91 Å². The van der Waals surface area contributed by atoms with Crippen LogP contribution in [0.25, 0.3) is 27.2 Å². The summed E-state index contributed by atoms with van der Waals surface area (Å²) in [6.45, 7) is 1.82. The van der Waals surface area contributed by atoms with E-state index in [1.54, 1.807) is 0 Å². The number of nitrogens with two attached hydrogens (primary N) is 1. The molecule has 0 saturated heterocycles. The van der Waals surface area contributed by atoms with Crippen LogP contribution in [0.3, 0.4) is 0 Å². The lowest BCUT2D eigenvalue weighted by Crippen LogP contribution is -2.20. The molecule has 11 heteroatoms. The standard InChI is InChI=1S/C21H16N8O2S/c1-12(14-9-8-13-5-2-3-6-15(13)11-14)23-25-21(30)17-18(16-7-4-10-32-16)29(28-24-17)20-19(22)26-31-27-20/h2-11H,1H3,(H2,22,26)(H,25,30)/b23-12+. The van der Waals surface area contributed by atoms with Crippen LogP contribution in [0.5, 0.6) is 0 Å². The smallest absolute Gasteiger partial charge is 0.294 e. The van der Waals surface area contributed by atoms with Crippen molar-refractivity contribution in [3.63, 3.8) is 0 Å². The van der Waals surface area contributed by atoms with Crippen LogP contribution in [0.4, 0.5) is 5.82 Å². The fourth-order valence-electron chi connectivity index (χ4n) is 3.22. The second-order valence-electron chi connectivity index (χ2n) is 6.85. The first-order chi connectivity index (χ1) is 15.6. The van der Waals surface area contributed by atoms with E-state index >= 15 is 0 Å². The van der Waals surface area contributed by atoms with Gasteiger partial charge in [0, 0.05) is 0 Å². The highest BCUT2D eigenvalue weighted by atomic mass is 32.1. The van der Waals surface area contributed by atoms with Crippen molar-refractivity contribution >= 4 is 39.5 Å². The summed E-state index contributed by atoms with van der Waals surface area (Å²) in [4.78, 5) is 13.7. The minimum atomic E-state index is -0.519. The molecule has 0 fully saturated rings. The zero-order valence-electron chi connectivity index (χ0n) is 16.8. The Morgan fingerprint density at radius 3 is 2.72 bits per heavy atom. The van der Waals surface area contributed by atoms with E-state index in [9.17, 15) is 4.79 Å². The molecule has 0 aliphatic rings. The van der Waals surface area contributed by atoms with Gasteiger partial charge in [0.1, 0.15) is 5.69 Å². The molecular formula is C21H16N8O2S. The zero-order chi connectivity index (χ0) is 22.1. The molecule has 0 radical (unpaired) electrons. The lowest BCUT2D eigenvalue weighted by molar-refractivity contribution is 0.0950. The SMILES string of the molecule is C/C(=N\NC(=O)c1nnn(-c2nonc2N)c1-c1cccs1)c1ccc2ccccc2c1. The monoisotopic (exact) mass is 444 g/mol. The Kier molecular flexibility index (Phi) is 4.92. The number of nitrogens with one attached hydrogen (secondary N) is 1. The van der Waals surface area contributed by atoms with Gasteiger partial charge in [-0.1, -0.05) is 47.7 Å². The number of hydrogen-bond donors (Lipinski definition) is 2. The van der Waals surface area contributed by atoms with Crippen LogP contribution < -0.4 is 11.2 Å². The third-order valence-electron chi connectivity index (χ3n) is 4.83. The van der Waals surface area contributed by atoms with Crippen molar-refractivity contribution in [2.45, 2.75) is 6.92 Å². The minimum Gasteiger partial charge on any atom is -0.378 e. The third-order valence-corrected chi connectivity index (χ3v) is 5.71. The molecule has 3 heterocycles. The number of aromatic nitrogens is 5. The van der Waals surface area contributed by atoms with Gasteiger partial charge in [0.05, 0.1) is 10.6 Å². The topological polar surface area (TPSA) is 137 Å². The molecule has 0 spiro atoms. The van der Waals surface area contributed by atoms with Crippen LogP contribution in [0, 0.1) is 0 Å². The molecular weight excluding hydrogens is 428 g/mol. The van der Waals surface area contributed by atoms with Gasteiger partial charge in [0.2, 0.25) is 11.6 Å². The molecule has 5 rings (SSSR count). The molecule has 10 nitrogen and oxygen atoms in total. The second-order valence-corrected chi connectivity index (χ2v) is 7.80. The first-order valence-electron chi connectivity index (χ1n) is 9.53. The van der Waals surface area contributed by atoms with Crippen molar-refractivity contribution in [2.24, 2.45) is 5.10 Å². The molecule has 0 unspecified atom stereocenters. The largest absolute Gasteiger partial charge is 0.378 e. The Hall–Kier alpha value is -4.38. The number of nitrogens with zero attached hydrogens (tertiary/aromatic N) is 6. The third kappa shape index (κ3) is 3.50. The van der Waals surface area contributed by atoms with Crippen LogP contribution >= 0.6 is 11.3 Å². The molecule has 3 N–H and O–H groups in total. The minimum absolute atomic E-state index is 0.0323. The number of fused-ring (bicyclic) bond motifs is 1. The number of benzene rings is 2. The molecule has 0 aliphatic carbocycles. The highest BCUT2D eigenvalue weighted by molar-refractivity contribution is 7.13. The second kappa shape index (κ2) is 8.04. The summed E-state index contributed by atoms with van der Waals surface area (Å²) in [6, 6.07) is 17.7. The van der Waals surface area contributed by atoms with E-state index in [0.29, 0.717) is 11.4 Å². The summed E-state index contributed by atoms with van der Waals surface area (Å²) in [5.41, 5.74) is 10.4. The maximum absolute atomic E-state index is 13.0. The van der Waals surface area contributed by atoms with Gasteiger partial charge in [-0.05, 0) is 51.1 Å². The van der Waals surface area contributed by atoms with Gasteiger partial charge in [0.15, 0.2) is 5.69 Å². The van der Waals surface area contributed by atoms with Crippen molar-refractivity contribution in [2.75, 3.05) is 5.73 Å². The number of anilines is 1. The summed E-state index contributed by atoms with van der Waals surface area (Å²) in [5.74, 6) is -0.338. The van der Waals surface area contributed by atoms with E-state index in [0.717, 1.165) is 21.2 Å². The Labute approximate surface area is 185 Å². The average Bonchev–Trinajstić information content (AvgIpc) is 3.57. The van der Waals surface area contributed by atoms with Crippen LogP contribution in [-0.4, -0.2) is 36.9 Å². The zero-order valence-corrected chi connectivity index (χ0v) is 17.6. The van der Waals surface area contributed by atoms with Gasteiger partial charge in [-0.2, -0.15) is 9.78 Å². The molecule has 0 saturated carbocycles. The van der Waals surface area contributed by atoms with E-state index in [1.165, 1.54) is 16.0 Å². The number of thiophene rings is 1. The van der Waals surface area contributed by atoms with Gasteiger partial charge < -0.3 is 5.73 Å². The molecule has 0 atom stereocenters. The molecule has 0 bridgehead atoms. The van der Waals surface area contributed by atoms with E-state index in [2.05, 4.69) is 35.8 Å². The number of hydrogen-bond acceptors (Lipinski definition) is 9. The van der Waals surface area contributed by atoms with E-state index in [4.69, 9.17) is 5.73 Å². The summed E-state index contributed by atoms with van der Waals surface area (Å²) < 4.78 is 5.99. The van der Waals surface area contributed by atoms with Crippen molar-refractivity contribution in [3.8, 4) is 16.4 Å². The lowest BCUT2D eigenvalue weighted by atomic mass is 10.0. The van der Waals surface area contributed by atoms with E-state index < -0.39 is 5.91 Å².